The van der Waals surface area contributed by atoms with Crippen molar-refractivity contribution in [3.63, 3.8) is 0 Å². The molecular weight excluding hydrogens is 357 g/mol. The Morgan fingerprint density at radius 1 is 1.18 bits per heavy atom. The van der Waals surface area contributed by atoms with E-state index in [0.717, 1.165) is 24.9 Å². The van der Waals surface area contributed by atoms with Crippen LogP contribution in [0.25, 0.3) is 0 Å². The molecule has 1 aliphatic rings. The number of anilines is 1. The summed E-state index contributed by atoms with van der Waals surface area (Å²) >= 11 is 0. The molecule has 0 radical (unpaired) electrons. The second-order valence-corrected chi connectivity index (χ2v) is 7.31. The van der Waals surface area contributed by atoms with Gasteiger partial charge in [-0.2, -0.15) is 0 Å². The van der Waals surface area contributed by atoms with Crippen molar-refractivity contribution in [2.24, 2.45) is 5.92 Å². The molecule has 3 rings (SSSR count). The number of carbonyl (C=O) groups excluding carboxylic acids is 2. The van der Waals surface area contributed by atoms with Crippen LogP contribution in [0.3, 0.4) is 0 Å². The van der Waals surface area contributed by atoms with Gasteiger partial charge in [0.2, 0.25) is 11.8 Å². The van der Waals surface area contributed by atoms with E-state index in [1.807, 2.05) is 36.4 Å². The lowest BCUT2D eigenvalue weighted by atomic mass is 9.96. The van der Waals surface area contributed by atoms with Crippen LogP contribution in [0.4, 0.5) is 10.1 Å². The van der Waals surface area contributed by atoms with Gasteiger partial charge in [0.05, 0.1) is 12.5 Å². The maximum Gasteiger partial charge on any atom is 0.243 e. The molecule has 1 fully saturated rings. The number of rotatable bonds is 6. The summed E-state index contributed by atoms with van der Waals surface area (Å²) in [7, 11) is 1.67. The van der Waals surface area contributed by atoms with Crippen LogP contribution in [0.1, 0.15) is 18.4 Å². The highest BCUT2D eigenvalue weighted by atomic mass is 19.1. The quantitative estimate of drug-likeness (QED) is 0.834. The van der Waals surface area contributed by atoms with Crippen LogP contribution < -0.4 is 5.32 Å². The normalized spacial score (nSPS) is 17.1. The van der Waals surface area contributed by atoms with Crippen LogP contribution in [0.15, 0.2) is 54.6 Å². The van der Waals surface area contributed by atoms with Crippen molar-refractivity contribution in [1.82, 2.24) is 9.80 Å². The number of hydrogen-bond acceptors (Lipinski definition) is 3. The van der Waals surface area contributed by atoms with E-state index >= 15 is 0 Å². The Labute approximate surface area is 165 Å². The first-order valence-corrected chi connectivity index (χ1v) is 9.58. The Morgan fingerprint density at radius 3 is 2.71 bits per heavy atom. The Hall–Kier alpha value is -2.73. The third kappa shape index (κ3) is 5.63. The lowest BCUT2D eigenvalue weighted by molar-refractivity contribution is -0.138. The van der Waals surface area contributed by atoms with E-state index in [0.29, 0.717) is 18.8 Å². The average molecular weight is 383 g/mol. The first-order chi connectivity index (χ1) is 13.5. The molecule has 0 saturated carbocycles. The highest BCUT2D eigenvalue weighted by molar-refractivity contribution is 5.94. The van der Waals surface area contributed by atoms with Crippen LogP contribution in [0.2, 0.25) is 0 Å². The Bertz CT molecular complexity index is 812. The molecule has 1 aliphatic heterocycles. The summed E-state index contributed by atoms with van der Waals surface area (Å²) in [4.78, 5) is 28.7. The summed E-state index contributed by atoms with van der Waals surface area (Å²) in [6.07, 6.45) is 1.72. The van der Waals surface area contributed by atoms with Gasteiger partial charge in [-0.3, -0.25) is 14.5 Å². The molecule has 28 heavy (non-hydrogen) atoms. The number of benzene rings is 2. The van der Waals surface area contributed by atoms with Gasteiger partial charge in [0, 0.05) is 25.8 Å². The highest BCUT2D eigenvalue weighted by Gasteiger charge is 2.28. The molecule has 5 nitrogen and oxygen atoms in total. The molecule has 1 atom stereocenters. The highest BCUT2D eigenvalue weighted by Crippen LogP contribution is 2.20. The van der Waals surface area contributed by atoms with E-state index in [2.05, 4.69) is 10.2 Å². The van der Waals surface area contributed by atoms with Crippen LogP contribution in [-0.2, 0) is 16.1 Å². The molecule has 1 N–H and O–H groups in total. The average Bonchev–Trinajstić information content (AvgIpc) is 2.68. The molecule has 1 heterocycles. The van der Waals surface area contributed by atoms with Gasteiger partial charge in [0.1, 0.15) is 5.82 Å². The molecule has 0 aliphatic carbocycles. The monoisotopic (exact) mass is 383 g/mol. The van der Waals surface area contributed by atoms with Crippen LogP contribution in [0, 0.1) is 11.7 Å². The molecular formula is C22H26FN3O2. The number of likely N-dealkylation sites (N-methyl/N-ethyl adjacent to an activating group) is 1. The van der Waals surface area contributed by atoms with Crippen LogP contribution in [-0.4, -0.2) is 48.3 Å². The zero-order chi connectivity index (χ0) is 19.9. The van der Waals surface area contributed by atoms with Gasteiger partial charge in [-0.15, -0.1) is 0 Å². The Kier molecular flexibility index (Phi) is 6.76. The number of nitrogens with one attached hydrogen (secondary N) is 1. The number of nitrogens with zero attached hydrogens (tertiary/aromatic N) is 2. The van der Waals surface area contributed by atoms with E-state index in [1.165, 1.54) is 17.0 Å². The third-order valence-electron chi connectivity index (χ3n) is 4.96. The molecule has 2 amide bonds. The van der Waals surface area contributed by atoms with E-state index in [-0.39, 0.29) is 30.1 Å². The number of carbonyl (C=O) groups is 2. The zero-order valence-corrected chi connectivity index (χ0v) is 16.1. The van der Waals surface area contributed by atoms with Crippen molar-refractivity contribution < 1.29 is 14.0 Å². The summed E-state index contributed by atoms with van der Waals surface area (Å²) < 4.78 is 13.4. The van der Waals surface area contributed by atoms with Gasteiger partial charge in [0.15, 0.2) is 0 Å². The maximum absolute atomic E-state index is 13.4. The topological polar surface area (TPSA) is 52.7 Å². The summed E-state index contributed by atoms with van der Waals surface area (Å²) in [6.45, 7) is 2.16. The second kappa shape index (κ2) is 9.46. The summed E-state index contributed by atoms with van der Waals surface area (Å²) in [5.74, 6) is -0.621. The molecule has 1 unspecified atom stereocenters. The fourth-order valence-electron chi connectivity index (χ4n) is 3.62. The lowest BCUT2D eigenvalue weighted by Crippen LogP contribution is -2.45. The van der Waals surface area contributed by atoms with Crippen molar-refractivity contribution >= 4 is 17.5 Å². The Morgan fingerprint density at radius 2 is 1.96 bits per heavy atom. The van der Waals surface area contributed by atoms with Crippen molar-refractivity contribution in [1.29, 1.82) is 0 Å². The SMILES string of the molecule is CN(CC(=O)Nc1ccccc1)C(=O)C1CCCN(Cc2cccc(F)c2)C1. The van der Waals surface area contributed by atoms with Crippen molar-refractivity contribution in [2.45, 2.75) is 19.4 Å². The molecule has 1 saturated heterocycles. The largest absolute Gasteiger partial charge is 0.336 e. The first kappa shape index (κ1) is 20.0. The summed E-state index contributed by atoms with van der Waals surface area (Å²) in [5, 5.41) is 2.80. The zero-order valence-electron chi connectivity index (χ0n) is 16.1. The predicted molar refractivity (Wildman–Crippen MR) is 107 cm³/mol. The molecule has 6 heteroatoms. The standard InChI is InChI=1S/C22H26FN3O2/c1-25(16-21(27)24-20-10-3-2-4-11-20)22(28)18-8-6-12-26(15-18)14-17-7-5-9-19(23)13-17/h2-5,7,9-11,13,18H,6,8,12,14-16H2,1H3,(H,24,27). The van der Waals surface area contributed by atoms with Crippen molar-refractivity contribution in [3.05, 3.63) is 66.0 Å². The lowest BCUT2D eigenvalue weighted by Gasteiger charge is -2.33. The summed E-state index contributed by atoms with van der Waals surface area (Å²) in [6, 6.07) is 15.8. The fourth-order valence-corrected chi connectivity index (χ4v) is 3.62. The maximum atomic E-state index is 13.4. The molecule has 0 bridgehead atoms. The molecule has 0 aromatic heterocycles. The van der Waals surface area contributed by atoms with E-state index in [4.69, 9.17) is 0 Å². The summed E-state index contributed by atoms with van der Waals surface area (Å²) in [5.41, 5.74) is 1.62. The molecule has 0 spiro atoms. The first-order valence-electron chi connectivity index (χ1n) is 9.58. The van der Waals surface area contributed by atoms with Gasteiger partial charge in [0.25, 0.3) is 0 Å². The van der Waals surface area contributed by atoms with Gasteiger partial charge in [-0.05, 0) is 49.2 Å². The molecule has 148 valence electrons. The minimum atomic E-state index is -0.244. The van der Waals surface area contributed by atoms with E-state index in [1.54, 1.807) is 13.1 Å². The smallest absolute Gasteiger partial charge is 0.243 e. The molecule has 2 aromatic rings. The van der Waals surface area contributed by atoms with Crippen molar-refractivity contribution in [2.75, 3.05) is 32.0 Å². The minimum absolute atomic E-state index is 0.0212. The van der Waals surface area contributed by atoms with Gasteiger partial charge in [-0.25, -0.2) is 4.39 Å². The van der Waals surface area contributed by atoms with Crippen molar-refractivity contribution in [3.8, 4) is 0 Å². The number of piperidine rings is 1. The van der Waals surface area contributed by atoms with Crippen LogP contribution >= 0.6 is 0 Å². The van der Waals surface area contributed by atoms with Gasteiger partial charge >= 0.3 is 0 Å². The molecule has 2 aromatic carbocycles. The van der Waals surface area contributed by atoms with Crippen LogP contribution in [0.5, 0.6) is 0 Å². The Balaban J connectivity index is 1.51. The fraction of sp³-hybridized carbons (Fsp3) is 0.364. The second-order valence-electron chi connectivity index (χ2n) is 7.31. The minimum Gasteiger partial charge on any atom is -0.336 e. The predicted octanol–water partition coefficient (Wildman–Crippen LogP) is 3.13. The van der Waals surface area contributed by atoms with E-state index in [9.17, 15) is 14.0 Å². The van der Waals surface area contributed by atoms with E-state index < -0.39 is 0 Å². The number of likely N-dealkylation sites (tertiary alicyclic amines) is 1. The third-order valence-corrected chi connectivity index (χ3v) is 4.96. The number of hydrogen-bond donors (Lipinski definition) is 1. The number of halogens is 1. The van der Waals surface area contributed by atoms with Gasteiger partial charge in [-0.1, -0.05) is 30.3 Å². The number of amides is 2. The number of para-hydroxylation sites is 1. The van der Waals surface area contributed by atoms with Gasteiger partial charge < -0.3 is 10.2 Å².